The van der Waals surface area contributed by atoms with E-state index in [2.05, 4.69) is 42.5 Å². The maximum atomic E-state index is 6.08. The molecule has 1 heterocycles. The van der Waals surface area contributed by atoms with Crippen LogP contribution < -0.4 is 0 Å². The molecule has 17 heavy (non-hydrogen) atoms. The van der Waals surface area contributed by atoms with Gasteiger partial charge in [0.1, 0.15) is 0 Å². The Kier molecular flexibility index (Phi) is 3.85. The maximum Gasteiger partial charge on any atom is 0.0521 e. The minimum Gasteiger partial charge on any atom is -0.276 e. The molecular weight excluding hydrogens is 232 g/mol. The molecule has 0 fully saturated rings. The van der Waals surface area contributed by atoms with Crippen LogP contribution in [0.5, 0.6) is 0 Å². The van der Waals surface area contributed by atoms with Crippen LogP contribution in [0.25, 0.3) is 0 Å². The predicted octanol–water partition coefficient (Wildman–Crippen LogP) is 3.29. The van der Waals surface area contributed by atoms with E-state index < -0.39 is 0 Å². The second-order valence-electron chi connectivity index (χ2n) is 4.49. The van der Waals surface area contributed by atoms with E-state index in [1.165, 1.54) is 16.7 Å². The van der Waals surface area contributed by atoms with E-state index in [0.29, 0.717) is 11.8 Å². The van der Waals surface area contributed by atoms with Crippen molar-refractivity contribution in [3.63, 3.8) is 0 Å². The third-order valence-electron chi connectivity index (χ3n) is 2.94. The van der Waals surface area contributed by atoms with Gasteiger partial charge in [-0.05, 0) is 24.5 Å². The van der Waals surface area contributed by atoms with Crippen molar-refractivity contribution in [3.05, 3.63) is 53.3 Å². The summed E-state index contributed by atoms with van der Waals surface area (Å²) < 4.78 is 1.83. The van der Waals surface area contributed by atoms with Crippen molar-refractivity contribution >= 4 is 11.6 Å². The van der Waals surface area contributed by atoms with E-state index in [0.717, 1.165) is 6.42 Å². The number of aromatic nitrogens is 2. The van der Waals surface area contributed by atoms with Crippen molar-refractivity contribution < 1.29 is 0 Å². The summed E-state index contributed by atoms with van der Waals surface area (Å²) in [5, 5.41) is 4.19. The van der Waals surface area contributed by atoms with Gasteiger partial charge in [0, 0.05) is 25.0 Å². The number of benzene rings is 1. The fraction of sp³-hybridized carbons (Fsp3) is 0.357. The van der Waals surface area contributed by atoms with Crippen LogP contribution in [0.3, 0.4) is 0 Å². The van der Waals surface area contributed by atoms with Crippen LogP contribution >= 0.6 is 11.6 Å². The Balaban J connectivity index is 2.16. The van der Waals surface area contributed by atoms with Crippen LogP contribution in [0.4, 0.5) is 0 Å². The molecule has 1 aromatic heterocycles. The highest BCUT2D eigenvalue weighted by molar-refractivity contribution is 6.18. The molecule has 1 atom stereocenters. The lowest BCUT2D eigenvalue weighted by atomic mass is 9.94. The number of rotatable bonds is 4. The first-order valence-corrected chi connectivity index (χ1v) is 6.32. The van der Waals surface area contributed by atoms with Crippen LogP contribution in [-0.4, -0.2) is 15.7 Å². The number of hydrogen-bond donors (Lipinski definition) is 0. The minimum absolute atomic E-state index is 0.362. The predicted molar refractivity (Wildman–Crippen MR) is 71.6 cm³/mol. The van der Waals surface area contributed by atoms with Crippen LogP contribution in [0.15, 0.2) is 36.7 Å². The Bertz CT molecular complexity index is 490. The molecular formula is C14H17ClN2. The Morgan fingerprint density at radius 3 is 2.82 bits per heavy atom. The average Bonchev–Trinajstić information content (AvgIpc) is 2.72. The van der Waals surface area contributed by atoms with Crippen molar-refractivity contribution in [1.82, 2.24) is 9.78 Å². The lowest BCUT2D eigenvalue weighted by Crippen LogP contribution is -2.04. The summed E-state index contributed by atoms with van der Waals surface area (Å²) in [7, 11) is 1.94. The monoisotopic (exact) mass is 248 g/mol. The standard InChI is InChI=1S/C14H17ClN2/c1-11-4-3-5-13(6-11)14(8-15)7-12-9-16-17(2)10-12/h3-6,9-10,14H,7-8H2,1-2H3. The lowest BCUT2D eigenvalue weighted by Gasteiger charge is -2.13. The molecule has 2 aromatic rings. The molecule has 0 saturated carbocycles. The van der Waals surface area contributed by atoms with E-state index in [-0.39, 0.29) is 0 Å². The highest BCUT2D eigenvalue weighted by Crippen LogP contribution is 2.22. The zero-order valence-corrected chi connectivity index (χ0v) is 11.0. The fourth-order valence-corrected chi connectivity index (χ4v) is 2.33. The summed E-state index contributed by atoms with van der Waals surface area (Å²) in [4.78, 5) is 0. The van der Waals surface area contributed by atoms with E-state index in [4.69, 9.17) is 11.6 Å². The van der Waals surface area contributed by atoms with E-state index >= 15 is 0 Å². The summed E-state index contributed by atoms with van der Waals surface area (Å²) >= 11 is 6.08. The van der Waals surface area contributed by atoms with Gasteiger partial charge in [-0.3, -0.25) is 4.68 Å². The number of hydrogen-bond acceptors (Lipinski definition) is 1. The van der Waals surface area contributed by atoms with E-state index in [9.17, 15) is 0 Å². The molecule has 0 amide bonds. The molecule has 1 unspecified atom stereocenters. The first-order chi connectivity index (χ1) is 8.19. The highest BCUT2D eigenvalue weighted by atomic mass is 35.5. The zero-order valence-electron chi connectivity index (χ0n) is 10.2. The van der Waals surface area contributed by atoms with Crippen LogP contribution in [0.1, 0.15) is 22.6 Å². The first kappa shape index (κ1) is 12.2. The van der Waals surface area contributed by atoms with Crippen molar-refractivity contribution in [2.45, 2.75) is 19.3 Å². The Morgan fingerprint density at radius 2 is 2.24 bits per heavy atom. The van der Waals surface area contributed by atoms with Gasteiger partial charge < -0.3 is 0 Å². The Hall–Kier alpha value is -1.28. The molecule has 0 saturated heterocycles. The Morgan fingerprint density at radius 1 is 1.41 bits per heavy atom. The largest absolute Gasteiger partial charge is 0.276 e. The van der Waals surface area contributed by atoms with Gasteiger partial charge in [-0.2, -0.15) is 5.10 Å². The Labute approximate surface area is 107 Å². The topological polar surface area (TPSA) is 17.8 Å². The molecule has 3 heteroatoms. The molecule has 1 aromatic carbocycles. The van der Waals surface area contributed by atoms with Gasteiger partial charge in [0.15, 0.2) is 0 Å². The number of nitrogens with zero attached hydrogens (tertiary/aromatic N) is 2. The smallest absolute Gasteiger partial charge is 0.0521 e. The van der Waals surface area contributed by atoms with Gasteiger partial charge in [-0.25, -0.2) is 0 Å². The number of halogens is 1. The van der Waals surface area contributed by atoms with Gasteiger partial charge in [-0.15, -0.1) is 11.6 Å². The summed E-state index contributed by atoms with van der Waals surface area (Å²) in [5.74, 6) is 0.999. The highest BCUT2D eigenvalue weighted by Gasteiger charge is 2.12. The first-order valence-electron chi connectivity index (χ1n) is 5.79. The van der Waals surface area contributed by atoms with Crippen LogP contribution in [0, 0.1) is 6.92 Å². The number of alkyl halides is 1. The third-order valence-corrected chi connectivity index (χ3v) is 3.31. The summed E-state index contributed by atoms with van der Waals surface area (Å²) in [5.41, 5.74) is 3.83. The second-order valence-corrected chi connectivity index (χ2v) is 4.80. The molecule has 0 N–H and O–H groups in total. The minimum atomic E-state index is 0.362. The molecule has 0 bridgehead atoms. The molecule has 0 aliphatic rings. The lowest BCUT2D eigenvalue weighted by molar-refractivity contribution is 0.753. The average molecular weight is 249 g/mol. The molecule has 0 spiro atoms. The molecule has 0 aliphatic carbocycles. The second kappa shape index (κ2) is 5.37. The van der Waals surface area contributed by atoms with Crippen LogP contribution in [-0.2, 0) is 13.5 Å². The molecule has 2 nitrogen and oxygen atoms in total. The van der Waals surface area contributed by atoms with Gasteiger partial charge in [0.05, 0.1) is 6.20 Å². The van der Waals surface area contributed by atoms with Gasteiger partial charge in [0.2, 0.25) is 0 Å². The van der Waals surface area contributed by atoms with E-state index in [1.54, 1.807) is 0 Å². The van der Waals surface area contributed by atoms with Crippen molar-refractivity contribution in [3.8, 4) is 0 Å². The van der Waals surface area contributed by atoms with Crippen molar-refractivity contribution in [2.24, 2.45) is 7.05 Å². The van der Waals surface area contributed by atoms with Crippen molar-refractivity contribution in [1.29, 1.82) is 0 Å². The van der Waals surface area contributed by atoms with Gasteiger partial charge in [0.25, 0.3) is 0 Å². The van der Waals surface area contributed by atoms with Crippen LogP contribution in [0.2, 0.25) is 0 Å². The summed E-state index contributed by atoms with van der Waals surface area (Å²) in [6.07, 6.45) is 4.91. The quantitative estimate of drug-likeness (QED) is 0.760. The van der Waals surface area contributed by atoms with Gasteiger partial charge in [-0.1, -0.05) is 29.8 Å². The normalized spacial score (nSPS) is 12.6. The van der Waals surface area contributed by atoms with E-state index in [1.807, 2.05) is 17.9 Å². The molecule has 0 radical (unpaired) electrons. The SMILES string of the molecule is Cc1cccc(C(CCl)Cc2cnn(C)c2)c1. The number of aryl methyl sites for hydroxylation is 2. The maximum absolute atomic E-state index is 6.08. The summed E-state index contributed by atoms with van der Waals surface area (Å²) in [6.45, 7) is 2.11. The third kappa shape index (κ3) is 3.10. The van der Waals surface area contributed by atoms with Gasteiger partial charge >= 0.3 is 0 Å². The molecule has 0 aliphatic heterocycles. The fourth-order valence-electron chi connectivity index (χ4n) is 2.05. The summed E-state index contributed by atoms with van der Waals surface area (Å²) in [6, 6.07) is 8.56. The molecule has 2 rings (SSSR count). The zero-order chi connectivity index (χ0) is 12.3. The van der Waals surface area contributed by atoms with Crippen molar-refractivity contribution in [2.75, 3.05) is 5.88 Å². The molecule has 90 valence electrons.